The van der Waals surface area contributed by atoms with Gasteiger partial charge in [0.05, 0.1) is 6.61 Å². The first-order valence-corrected chi connectivity index (χ1v) is 6.89. The first-order valence-electron chi connectivity index (χ1n) is 6.89. The van der Waals surface area contributed by atoms with E-state index in [4.69, 9.17) is 9.47 Å². The van der Waals surface area contributed by atoms with E-state index in [-0.39, 0.29) is 0 Å². The van der Waals surface area contributed by atoms with Gasteiger partial charge in [-0.15, -0.1) is 0 Å². The number of para-hydroxylation sites is 2. The van der Waals surface area contributed by atoms with Crippen LogP contribution in [0.4, 0.5) is 0 Å². The van der Waals surface area contributed by atoms with Gasteiger partial charge < -0.3 is 14.8 Å². The molecule has 1 saturated carbocycles. The number of benzene rings is 1. The molecule has 1 aliphatic rings. The van der Waals surface area contributed by atoms with Crippen molar-refractivity contribution in [3.63, 3.8) is 0 Å². The molecule has 18 heavy (non-hydrogen) atoms. The summed E-state index contributed by atoms with van der Waals surface area (Å²) in [4.78, 5) is 0. The van der Waals surface area contributed by atoms with Gasteiger partial charge >= 0.3 is 0 Å². The lowest BCUT2D eigenvalue weighted by Gasteiger charge is -2.17. The third kappa shape index (κ3) is 3.39. The number of hydrogen-bond acceptors (Lipinski definition) is 3. The Morgan fingerprint density at radius 2 is 2.00 bits per heavy atom. The second-order valence-corrected chi connectivity index (χ2v) is 4.83. The van der Waals surface area contributed by atoms with E-state index in [1.165, 1.54) is 6.42 Å². The Balaban J connectivity index is 1.96. The molecular weight excluding hydrogens is 226 g/mol. The highest BCUT2D eigenvalue weighted by Crippen LogP contribution is 2.31. The number of ether oxygens (including phenoxy) is 2. The summed E-state index contributed by atoms with van der Waals surface area (Å²) in [6.07, 6.45) is 4.72. The molecule has 3 heteroatoms. The average molecular weight is 249 g/mol. The van der Waals surface area contributed by atoms with Gasteiger partial charge in [-0.3, -0.25) is 0 Å². The SMILES string of the molecule is CCCOc1ccccc1OC1CCC(NC)C1. The lowest BCUT2D eigenvalue weighted by atomic mass is 10.2. The van der Waals surface area contributed by atoms with E-state index in [0.29, 0.717) is 12.1 Å². The minimum absolute atomic E-state index is 0.314. The maximum absolute atomic E-state index is 6.07. The minimum Gasteiger partial charge on any atom is -0.490 e. The van der Waals surface area contributed by atoms with Crippen LogP contribution in [0.25, 0.3) is 0 Å². The maximum Gasteiger partial charge on any atom is 0.161 e. The Bertz CT molecular complexity index is 367. The van der Waals surface area contributed by atoms with Gasteiger partial charge in [-0.05, 0) is 44.9 Å². The van der Waals surface area contributed by atoms with Crippen molar-refractivity contribution in [2.24, 2.45) is 0 Å². The highest BCUT2D eigenvalue weighted by molar-refractivity contribution is 5.39. The number of nitrogens with one attached hydrogen (secondary N) is 1. The van der Waals surface area contributed by atoms with E-state index in [9.17, 15) is 0 Å². The molecule has 0 amide bonds. The van der Waals surface area contributed by atoms with E-state index in [2.05, 4.69) is 12.2 Å². The molecule has 0 spiro atoms. The molecule has 100 valence electrons. The monoisotopic (exact) mass is 249 g/mol. The lowest BCUT2D eigenvalue weighted by molar-refractivity contribution is 0.192. The van der Waals surface area contributed by atoms with Crippen molar-refractivity contribution in [3.8, 4) is 11.5 Å². The van der Waals surface area contributed by atoms with E-state index < -0.39 is 0 Å². The Hall–Kier alpha value is -1.22. The molecule has 1 aliphatic carbocycles. The molecule has 2 unspecified atom stereocenters. The van der Waals surface area contributed by atoms with Crippen LogP contribution in [-0.4, -0.2) is 25.8 Å². The van der Waals surface area contributed by atoms with Crippen LogP contribution in [0.1, 0.15) is 32.6 Å². The molecule has 3 nitrogen and oxygen atoms in total. The zero-order valence-electron chi connectivity index (χ0n) is 11.3. The van der Waals surface area contributed by atoms with Gasteiger partial charge in [-0.1, -0.05) is 19.1 Å². The molecule has 1 aromatic carbocycles. The van der Waals surface area contributed by atoms with Gasteiger partial charge in [0.2, 0.25) is 0 Å². The molecule has 0 saturated heterocycles. The fourth-order valence-electron chi connectivity index (χ4n) is 2.37. The molecular formula is C15H23NO2. The third-order valence-corrected chi connectivity index (χ3v) is 3.40. The van der Waals surface area contributed by atoms with Crippen molar-refractivity contribution in [2.75, 3.05) is 13.7 Å². The summed E-state index contributed by atoms with van der Waals surface area (Å²) in [5, 5.41) is 3.32. The van der Waals surface area contributed by atoms with Gasteiger partial charge in [-0.25, -0.2) is 0 Å². The quantitative estimate of drug-likeness (QED) is 0.840. The lowest BCUT2D eigenvalue weighted by Crippen LogP contribution is -2.23. The van der Waals surface area contributed by atoms with E-state index in [1.54, 1.807) is 0 Å². The predicted octanol–water partition coefficient (Wildman–Crippen LogP) is 2.99. The highest BCUT2D eigenvalue weighted by Gasteiger charge is 2.25. The van der Waals surface area contributed by atoms with Gasteiger partial charge in [-0.2, -0.15) is 0 Å². The van der Waals surface area contributed by atoms with Crippen LogP contribution in [0.2, 0.25) is 0 Å². The largest absolute Gasteiger partial charge is 0.490 e. The molecule has 1 aromatic rings. The molecule has 2 rings (SSSR count). The zero-order valence-corrected chi connectivity index (χ0v) is 11.3. The molecule has 1 N–H and O–H groups in total. The summed E-state index contributed by atoms with van der Waals surface area (Å²) >= 11 is 0. The van der Waals surface area contributed by atoms with Crippen molar-refractivity contribution in [2.45, 2.75) is 44.8 Å². The van der Waals surface area contributed by atoms with E-state index >= 15 is 0 Å². The summed E-state index contributed by atoms with van der Waals surface area (Å²) in [6, 6.07) is 8.56. The van der Waals surface area contributed by atoms with Crippen LogP contribution < -0.4 is 14.8 Å². The summed E-state index contributed by atoms with van der Waals surface area (Å²) in [7, 11) is 2.02. The van der Waals surface area contributed by atoms with Crippen LogP contribution in [0.15, 0.2) is 24.3 Å². The first kappa shape index (κ1) is 13.2. The fraction of sp³-hybridized carbons (Fsp3) is 0.600. The molecule has 0 heterocycles. The van der Waals surface area contributed by atoms with E-state index in [1.807, 2.05) is 31.3 Å². The minimum atomic E-state index is 0.314. The third-order valence-electron chi connectivity index (χ3n) is 3.40. The Morgan fingerprint density at radius 3 is 2.67 bits per heavy atom. The van der Waals surface area contributed by atoms with Crippen LogP contribution in [0.3, 0.4) is 0 Å². The van der Waals surface area contributed by atoms with Crippen molar-refractivity contribution in [1.82, 2.24) is 5.32 Å². The molecule has 1 fully saturated rings. The van der Waals surface area contributed by atoms with Gasteiger partial charge in [0, 0.05) is 6.04 Å². The summed E-state index contributed by atoms with van der Waals surface area (Å²) < 4.78 is 11.8. The van der Waals surface area contributed by atoms with Crippen LogP contribution in [0, 0.1) is 0 Å². The normalized spacial score (nSPS) is 23.0. The maximum atomic E-state index is 6.07. The molecule has 0 aromatic heterocycles. The number of rotatable bonds is 6. The topological polar surface area (TPSA) is 30.5 Å². The van der Waals surface area contributed by atoms with Crippen molar-refractivity contribution < 1.29 is 9.47 Å². The molecule has 0 radical (unpaired) electrons. The van der Waals surface area contributed by atoms with Gasteiger partial charge in [0.15, 0.2) is 11.5 Å². The molecule has 0 aliphatic heterocycles. The summed E-state index contributed by atoms with van der Waals surface area (Å²) in [5.41, 5.74) is 0. The van der Waals surface area contributed by atoms with Crippen LogP contribution in [0.5, 0.6) is 11.5 Å². The zero-order chi connectivity index (χ0) is 12.8. The second kappa shape index (κ2) is 6.64. The Labute approximate surface area is 109 Å². The average Bonchev–Trinajstić information content (AvgIpc) is 2.85. The number of hydrogen-bond donors (Lipinski definition) is 1. The summed E-state index contributed by atoms with van der Waals surface area (Å²) in [6.45, 7) is 2.85. The Kier molecular flexibility index (Phi) is 4.88. The Morgan fingerprint density at radius 1 is 1.22 bits per heavy atom. The van der Waals surface area contributed by atoms with Crippen LogP contribution >= 0.6 is 0 Å². The van der Waals surface area contributed by atoms with Crippen molar-refractivity contribution in [1.29, 1.82) is 0 Å². The van der Waals surface area contributed by atoms with Gasteiger partial charge in [0.1, 0.15) is 6.10 Å². The van der Waals surface area contributed by atoms with Crippen LogP contribution in [-0.2, 0) is 0 Å². The summed E-state index contributed by atoms with van der Waals surface area (Å²) in [5.74, 6) is 1.75. The molecule has 0 bridgehead atoms. The molecule has 2 atom stereocenters. The smallest absolute Gasteiger partial charge is 0.161 e. The van der Waals surface area contributed by atoms with E-state index in [0.717, 1.165) is 37.4 Å². The highest BCUT2D eigenvalue weighted by atomic mass is 16.5. The predicted molar refractivity (Wildman–Crippen MR) is 73.3 cm³/mol. The van der Waals surface area contributed by atoms with Crippen molar-refractivity contribution in [3.05, 3.63) is 24.3 Å². The first-order chi connectivity index (χ1) is 8.83. The van der Waals surface area contributed by atoms with Gasteiger partial charge in [0.25, 0.3) is 0 Å². The van der Waals surface area contributed by atoms with Crippen molar-refractivity contribution >= 4 is 0 Å². The fourth-order valence-corrected chi connectivity index (χ4v) is 2.37. The second-order valence-electron chi connectivity index (χ2n) is 4.83. The standard InChI is InChI=1S/C15H23NO2/c1-3-10-17-14-6-4-5-7-15(14)18-13-9-8-12(11-13)16-2/h4-7,12-13,16H,3,8-11H2,1-2H3.